The van der Waals surface area contributed by atoms with E-state index in [1.165, 1.54) is 38.0 Å². The van der Waals surface area contributed by atoms with Gasteiger partial charge < -0.3 is 4.57 Å². The van der Waals surface area contributed by atoms with Crippen molar-refractivity contribution in [3.8, 4) is 16.9 Å². The van der Waals surface area contributed by atoms with E-state index in [2.05, 4.69) is 238 Å². The Bertz CT molecular complexity index is 3010. The molecule has 5 nitrogen and oxygen atoms in total. The molecule has 7 heteroatoms. The van der Waals surface area contributed by atoms with Crippen LogP contribution in [0.25, 0.3) is 38.8 Å². The molecule has 10 rings (SSSR count). The van der Waals surface area contributed by atoms with E-state index in [0.717, 1.165) is 49.7 Å². The van der Waals surface area contributed by atoms with E-state index >= 15 is 0 Å². The van der Waals surface area contributed by atoms with Crippen LogP contribution < -0.4 is 30.9 Å². The average molecular weight is 1020 g/mol. The summed E-state index contributed by atoms with van der Waals surface area (Å²) in [5, 5.41) is 11.3. The summed E-state index contributed by atoms with van der Waals surface area (Å²) in [5.74, 6) is 1.62. The van der Waals surface area contributed by atoms with Crippen LogP contribution in [0.5, 0.6) is 0 Å². The Morgan fingerprint density at radius 1 is 0.556 bits per heavy atom. The van der Waals surface area contributed by atoms with Crippen LogP contribution in [0, 0.1) is 12.1 Å². The molecule has 1 N–H and O–H groups in total. The molecule has 0 amide bonds. The fraction of sp³-hybridized carbons (Fsp3) is 0.161. The molecular formula is C56H51N4OPtSi-. The van der Waals surface area contributed by atoms with Gasteiger partial charge in [0.05, 0.1) is 6.04 Å². The number of hydrogen-bond acceptors (Lipinski definition) is 3. The number of anilines is 3. The van der Waals surface area contributed by atoms with Crippen LogP contribution in [-0.4, -0.2) is 28.6 Å². The van der Waals surface area contributed by atoms with Crippen molar-refractivity contribution in [1.29, 1.82) is 0 Å². The Labute approximate surface area is 386 Å². The van der Waals surface area contributed by atoms with Gasteiger partial charge in [-0.3, -0.25) is 0 Å². The summed E-state index contributed by atoms with van der Waals surface area (Å²) in [6.45, 7) is 13.5. The van der Waals surface area contributed by atoms with E-state index in [4.69, 9.17) is 9.92 Å². The Hall–Kier alpha value is -6.04. The Morgan fingerprint density at radius 2 is 1.16 bits per heavy atom. The van der Waals surface area contributed by atoms with E-state index in [-0.39, 0.29) is 27.1 Å². The topological polar surface area (TPSA) is 37.1 Å². The second-order valence-corrected chi connectivity index (χ2v) is 21.0. The minimum absolute atomic E-state index is 0. The van der Waals surface area contributed by atoms with Gasteiger partial charge in [0.1, 0.15) is 25.3 Å². The molecule has 0 radical (unpaired) electrons. The third-order valence-corrected chi connectivity index (χ3v) is 17.1. The number of fused-ring (bicyclic) bond motifs is 4. The van der Waals surface area contributed by atoms with Gasteiger partial charge in [0, 0.05) is 38.5 Å². The van der Waals surface area contributed by atoms with E-state index < -0.39 is 8.07 Å². The molecule has 63 heavy (non-hydrogen) atoms. The van der Waals surface area contributed by atoms with Gasteiger partial charge in [-0.2, -0.15) is 51.7 Å². The molecule has 0 bridgehead atoms. The number of hydroxylamine groups is 1. The number of aromatic nitrogens is 2. The van der Waals surface area contributed by atoms with Crippen LogP contribution >= 0.6 is 0 Å². The second-order valence-electron chi connectivity index (χ2n) is 17.3. The molecule has 3 heterocycles. The van der Waals surface area contributed by atoms with Crippen molar-refractivity contribution >= 4 is 67.7 Å². The average Bonchev–Trinajstić information content (AvgIpc) is 3.86. The van der Waals surface area contributed by atoms with Crippen LogP contribution in [0.15, 0.2) is 176 Å². The minimum Gasteiger partial charge on any atom is -0.319 e. The zero-order valence-corrected chi connectivity index (χ0v) is 39.8. The first-order valence-corrected chi connectivity index (χ1v) is 23.8. The van der Waals surface area contributed by atoms with Crippen LogP contribution in [-0.2, 0) is 21.1 Å². The summed E-state index contributed by atoms with van der Waals surface area (Å²) in [7, 11) is -3.13. The number of rotatable bonds is 10. The van der Waals surface area contributed by atoms with Gasteiger partial charge >= 0.3 is 0 Å². The Balaban J connectivity index is 0.00000504. The smallest absolute Gasteiger partial charge is 0.145 e. The SMILES string of the molecule is CC(C)c1cccc(C(C)C)c1-c1ccnc(-n2c3[c-]c([Si](c4[c-]c(N5[OH+]N(C(C)C)c6ccccc65)ccc4)(c4ccccc4)c4ccccc4)ccc3c3ccccc32)c1.[Pt]. The molecule has 1 aliphatic heterocycles. The largest absolute Gasteiger partial charge is 0.319 e. The van der Waals surface area contributed by atoms with Gasteiger partial charge in [-0.25, -0.2) is 4.98 Å². The molecule has 0 atom stereocenters. The monoisotopic (exact) mass is 1020 g/mol. The van der Waals surface area contributed by atoms with Gasteiger partial charge in [-0.05, 0) is 94.0 Å². The van der Waals surface area contributed by atoms with E-state index in [9.17, 15) is 0 Å². The molecule has 7 aromatic carbocycles. The third-order valence-electron chi connectivity index (χ3n) is 12.5. The predicted octanol–water partition coefficient (Wildman–Crippen LogP) is 11.3. The molecule has 1 aliphatic rings. The maximum atomic E-state index is 5.17. The summed E-state index contributed by atoms with van der Waals surface area (Å²) < 4.78 is 2.33. The normalized spacial score (nSPS) is 12.8. The summed E-state index contributed by atoms with van der Waals surface area (Å²) in [4.78, 5) is 10.3. The number of benzene rings is 7. The van der Waals surface area contributed by atoms with Gasteiger partial charge in [0.25, 0.3) is 0 Å². The zero-order valence-electron chi connectivity index (χ0n) is 36.5. The maximum absolute atomic E-state index is 5.17. The van der Waals surface area contributed by atoms with E-state index in [1.807, 2.05) is 6.20 Å². The van der Waals surface area contributed by atoms with Crippen molar-refractivity contribution < 1.29 is 26.0 Å². The summed E-state index contributed by atoms with van der Waals surface area (Å²) in [6, 6.07) is 70.1. The summed E-state index contributed by atoms with van der Waals surface area (Å²) in [5.41, 5.74) is 10.3. The van der Waals surface area contributed by atoms with Crippen molar-refractivity contribution in [2.75, 3.05) is 10.1 Å². The fourth-order valence-electron chi connectivity index (χ4n) is 9.63. The first-order chi connectivity index (χ1) is 30.3. The molecule has 316 valence electrons. The van der Waals surface area contributed by atoms with Gasteiger partial charge in [-0.15, -0.1) is 21.6 Å². The predicted molar refractivity (Wildman–Crippen MR) is 261 cm³/mol. The number of para-hydroxylation sites is 3. The molecule has 9 aromatic rings. The number of hydrogen-bond donors (Lipinski definition) is 0. The van der Waals surface area contributed by atoms with Crippen LogP contribution in [0.1, 0.15) is 64.5 Å². The van der Waals surface area contributed by atoms with Crippen molar-refractivity contribution in [2.24, 2.45) is 0 Å². The third kappa shape index (κ3) is 7.15. The van der Waals surface area contributed by atoms with Crippen molar-refractivity contribution in [1.82, 2.24) is 9.55 Å². The van der Waals surface area contributed by atoms with Crippen molar-refractivity contribution in [3.05, 3.63) is 199 Å². The molecule has 0 aliphatic carbocycles. The first kappa shape index (κ1) is 42.3. The molecular weight excluding hydrogens is 968 g/mol. The van der Waals surface area contributed by atoms with E-state index in [0.29, 0.717) is 11.8 Å². The van der Waals surface area contributed by atoms with Crippen molar-refractivity contribution in [2.45, 2.75) is 59.4 Å². The van der Waals surface area contributed by atoms with Gasteiger partial charge in [0.2, 0.25) is 0 Å². The summed E-state index contributed by atoms with van der Waals surface area (Å²) >= 11 is 0. The van der Waals surface area contributed by atoms with E-state index in [1.54, 1.807) is 0 Å². The molecule has 0 saturated carbocycles. The molecule has 0 unspecified atom stereocenters. The molecule has 0 fully saturated rings. The first-order valence-electron chi connectivity index (χ1n) is 21.8. The molecule has 2 aromatic heterocycles. The number of pyridine rings is 1. The van der Waals surface area contributed by atoms with Gasteiger partial charge in [0.15, 0.2) is 0 Å². The zero-order chi connectivity index (χ0) is 42.5. The standard InChI is InChI=1S/C56H50N4OSi.Pt/c1-38(2)47-26-18-27-48(39(3)4)56(47)41-33-34-57-55(35-41)58-51-28-14-13-25-49(51)50-32-31-46(37-54(50)58)62(43-20-9-7-10-21-43,44-22-11-8-12-23-44)45-24-17-19-42(36-45)60-53-30-16-15-29-52(53)59(61-60)40(5)6;/h7-35,38-40H,1-6H3;/q-2;/p+1. The second kappa shape index (κ2) is 17.3. The van der Waals surface area contributed by atoms with Crippen LogP contribution in [0.4, 0.5) is 17.1 Å². The Kier molecular flexibility index (Phi) is 11.6. The summed E-state index contributed by atoms with van der Waals surface area (Å²) in [6.07, 6.45) is 1.98. The quantitative estimate of drug-likeness (QED) is 0.0593. The minimum atomic E-state index is -3.13. The fourth-order valence-corrected chi connectivity index (χ4v) is 14.2. The van der Waals surface area contributed by atoms with Gasteiger partial charge in [-0.1, -0.05) is 142 Å². The molecule has 0 saturated heterocycles. The van der Waals surface area contributed by atoms with Crippen LogP contribution in [0.2, 0.25) is 0 Å². The maximum Gasteiger partial charge on any atom is 0.145 e. The molecule has 0 spiro atoms. The van der Waals surface area contributed by atoms with Crippen molar-refractivity contribution in [3.63, 3.8) is 0 Å². The number of nitrogens with zero attached hydrogens (tertiary/aromatic N) is 4. The Morgan fingerprint density at radius 3 is 1.83 bits per heavy atom. The van der Waals surface area contributed by atoms with Crippen LogP contribution in [0.3, 0.4) is 0 Å².